The van der Waals surface area contributed by atoms with Gasteiger partial charge >= 0.3 is 0 Å². The molecule has 0 bridgehead atoms. The topological polar surface area (TPSA) is 88.5 Å². The molecule has 2 rings (SSSR count). The molecule has 0 amide bonds. The van der Waals surface area contributed by atoms with Crippen molar-refractivity contribution in [3.8, 4) is 5.75 Å². The number of pyridine rings is 1. The zero-order valence-corrected chi connectivity index (χ0v) is 11.6. The van der Waals surface area contributed by atoms with E-state index >= 15 is 0 Å². The number of rotatable bonds is 5. The molecule has 6 nitrogen and oxygen atoms in total. The summed E-state index contributed by atoms with van der Waals surface area (Å²) >= 11 is 0. The fourth-order valence-electron chi connectivity index (χ4n) is 1.66. The highest BCUT2D eigenvalue weighted by Gasteiger charge is 2.20. The molecule has 0 aliphatic rings. The van der Waals surface area contributed by atoms with Crippen LogP contribution in [0, 0.1) is 0 Å². The fourth-order valence-corrected chi connectivity index (χ4v) is 2.94. The lowest BCUT2D eigenvalue weighted by Gasteiger charge is -2.12. The molecule has 7 heteroatoms. The summed E-state index contributed by atoms with van der Waals surface area (Å²) in [7, 11) is -2.41. The molecule has 1 heterocycles. The van der Waals surface area contributed by atoms with Gasteiger partial charge in [0.05, 0.1) is 19.4 Å². The number of ether oxygens (including phenoxy) is 1. The quantitative estimate of drug-likeness (QED) is 0.869. The molecule has 1 aromatic carbocycles. The SMILES string of the molecule is COc1ccc(CO)cc1S(=O)(=O)Nc1ccncc1. The molecule has 2 aromatic rings. The van der Waals surface area contributed by atoms with Gasteiger partial charge in [0.1, 0.15) is 10.6 Å². The number of benzene rings is 1. The molecule has 0 aliphatic heterocycles. The van der Waals surface area contributed by atoms with Gasteiger partial charge in [0.25, 0.3) is 10.0 Å². The van der Waals surface area contributed by atoms with E-state index in [4.69, 9.17) is 9.84 Å². The maximum Gasteiger partial charge on any atom is 0.265 e. The molecule has 2 N–H and O–H groups in total. The van der Waals surface area contributed by atoms with Gasteiger partial charge in [-0.15, -0.1) is 0 Å². The van der Waals surface area contributed by atoms with Gasteiger partial charge < -0.3 is 9.84 Å². The molecule has 1 aromatic heterocycles. The van der Waals surface area contributed by atoms with Crippen molar-refractivity contribution in [2.24, 2.45) is 0 Å². The first kappa shape index (κ1) is 14.3. The monoisotopic (exact) mass is 294 g/mol. The van der Waals surface area contributed by atoms with Crippen LogP contribution in [0.5, 0.6) is 5.75 Å². The van der Waals surface area contributed by atoms with Gasteiger partial charge in [0.2, 0.25) is 0 Å². The predicted octanol–water partition coefficient (Wildman–Crippen LogP) is 1.38. The van der Waals surface area contributed by atoms with Gasteiger partial charge in [-0.3, -0.25) is 9.71 Å². The van der Waals surface area contributed by atoms with Crippen molar-refractivity contribution >= 4 is 15.7 Å². The molecule has 0 fully saturated rings. The van der Waals surface area contributed by atoms with Crippen molar-refractivity contribution in [3.63, 3.8) is 0 Å². The summed E-state index contributed by atoms with van der Waals surface area (Å²) in [6, 6.07) is 7.57. The second-order valence-electron chi connectivity index (χ2n) is 3.98. The maximum absolute atomic E-state index is 12.4. The van der Waals surface area contributed by atoms with Crippen LogP contribution in [-0.4, -0.2) is 25.6 Å². The number of nitrogens with zero attached hydrogens (tertiary/aromatic N) is 1. The smallest absolute Gasteiger partial charge is 0.265 e. The van der Waals surface area contributed by atoms with Crippen molar-refractivity contribution in [2.45, 2.75) is 11.5 Å². The number of aliphatic hydroxyl groups excluding tert-OH is 1. The third-order valence-corrected chi connectivity index (χ3v) is 4.04. The van der Waals surface area contributed by atoms with E-state index in [9.17, 15) is 8.42 Å². The lowest BCUT2D eigenvalue weighted by Crippen LogP contribution is -2.14. The predicted molar refractivity (Wildman–Crippen MR) is 74.0 cm³/mol. The molecule has 0 atom stereocenters. The standard InChI is InChI=1S/C13H14N2O4S/c1-19-12-3-2-10(9-16)8-13(12)20(17,18)15-11-4-6-14-7-5-11/h2-8,16H,9H2,1H3,(H,14,15). The van der Waals surface area contributed by atoms with Crippen molar-refractivity contribution in [1.29, 1.82) is 0 Å². The minimum atomic E-state index is -3.80. The third kappa shape index (κ3) is 3.06. The number of aliphatic hydroxyl groups is 1. The van der Waals surface area contributed by atoms with Crippen molar-refractivity contribution in [2.75, 3.05) is 11.8 Å². The minimum Gasteiger partial charge on any atom is -0.495 e. The van der Waals surface area contributed by atoms with Crippen LogP contribution in [0.15, 0.2) is 47.6 Å². The number of methoxy groups -OCH3 is 1. The first-order chi connectivity index (χ1) is 9.56. The Kier molecular flexibility index (Phi) is 4.21. The molecule has 0 spiro atoms. The van der Waals surface area contributed by atoms with Crippen LogP contribution >= 0.6 is 0 Å². The molecule has 0 saturated heterocycles. The number of aromatic nitrogens is 1. The average Bonchev–Trinajstić information content (AvgIpc) is 2.47. The lowest BCUT2D eigenvalue weighted by molar-refractivity contribution is 0.281. The Morgan fingerprint density at radius 1 is 1.25 bits per heavy atom. The van der Waals surface area contributed by atoms with Gasteiger partial charge in [-0.05, 0) is 29.8 Å². The second kappa shape index (κ2) is 5.89. The molecule has 0 aliphatic carbocycles. The van der Waals surface area contributed by atoms with Crippen LogP contribution in [0.2, 0.25) is 0 Å². The highest BCUT2D eigenvalue weighted by Crippen LogP contribution is 2.26. The number of sulfonamides is 1. The van der Waals surface area contributed by atoms with E-state index < -0.39 is 10.0 Å². The second-order valence-corrected chi connectivity index (χ2v) is 5.64. The third-order valence-electron chi connectivity index (χ3n) is 2.63. The molecule has 20 heavy (non-hydrogen) atoms. The van der Waals surface area contributed by atoms with Crippen LogP contribution in [0.25, 0.3) is 0 Å². The molecule has 106 valence electrons. The summed E-state index contributed by atoms with van der Waals surface area (Å²) in [6.45, 7) is -0.248. The molecular weight excluding hydrogens is 280 g/mol. The van der Waals surface area contributed by atoms with Crippen LogP contribution in [-0.2, 0) is 16.6 Å². The van der Waals surface area contributed by atoms with Gasteiger partial charge in [-0.2, -0.15) is 0 Å². The van der Waals surface area contributed by atoms with Gasteiger partial charge in [-0.1, -0.05) is 6.07 Å². The fraction of sp³-hybridized carbons (Fsp3) is 0.154. The van der Waals surface area contributed by atoms with Gasteiger partial charge in [0, 0.05) is 12.4 Å². The van der Waals surface area contributed by atoms with Crippen molar-refractivity contribution in [1.82, 2.24) is 4.98 Å². The highest BCUT2D eigenvalue weighted by atomic mass is 32.2. The van der Waals surface area contributed by atoms with E-state index in [0.717, 1.165) is 0 Å². The van der Waals surface area contributed by atoms with Crippen molar-refractivity contribution in [3.05, 3.63) is 48.3 Å². The Balaban J connectivity index is 2.43. The zero-order chi connectivity index (χ0) is 14.6. The van der Waals surface area contributed by atoms with E-state index in [1.807, 2.05) is 0 Å². The number of anilines is 1. The zero-order valence-electron chi connectivity index (χ0n) is 10.8. The van der Waals surface area contributed by atoms with E-state index in [-0.39, 0.29) is 17.3 Å². The minimum absolute atomic E-state index is 0.0247. The van der Waals surface area contributed by atoms with E-state index in [2.05, 4.69) is 9.71 Å². The van der Waals surface area contributed by atoms with E-state index in [1.54, 1.807) is 18.2 Å². The Bertz CT molecular complexity index is 687. The summed E-state index contributed by atoms with van der Waals surface area (Å²) in [6.07, 6.45) is 2.97. The lowest BCUT2D eigenvalue weighted by atomic mass is 10.2. The van der Waals surface area contributed by atoms with Crippen LogP contribution in [0.3, 0.4) is 0 Å². The van der Waals surface area contributed by atoms with Crippen LogP contribution < -0.4 is 9.46 Å². The van der Waals surface area contributed by atoms with E-state index in [1.165, 1.54) is 31.6 Å². The first-order valence-corrected chi connectivity index (χ1v) is 7.26. The van der Waals surface area contributed by atoms with Crippen LogP contribution in [0.4, 0.5) is 5.69 Å². The average molecular weight is 294 g/mol. The number of hydrogen-bond donors (Lipinski definition) is 2. The first-order valence-electron chi connectivity index (χ1n) is 5.77. The Morgan fingerprint density at radius 2 is 1.95 bits per heavy atom. The summed E-state index contributed by atoms with van der Waals surface area (Å²) in [5.74, 6) is 0.212. The van der Waals surface area contributed by atoms with Gasteiger partial charge in [0.15, 0.2) is 0 Å². The largest absolute Gasteiger partial charge is 0.495 e. The van der Waals surface area contributed by atoms with Gasteiger partial charge in [-0.25, -0.2) is 8.42 Å². The summed E-state index contributed by atoms with van der Waals surface area (Å²) in [5, 5.41) is 9.12. The Morgan fingerprint density at radius 3 is 2.55 bits per heavy atom. The van der Waals surface area contributed by atoms with Crippen LogP contribution in [0.1, 0.15) is 5.56 Å². The number of hydrogen-bond acceptors (Lipinski definition) is 5. The Labute approximate surface area is 117 Å². The molecule has 0 unspecified atom stereocenters. The number of nitrogens with one attached hydrogen (secondary N) is 1. The van der Waals surface area contributed by atoms with Crippen molar-refractivity contribution < 1.29 is 18.3 Å². The normalized spacial score (nSPS) is 11.1. The highest BCUT2D eigenvalue weighted by molar-refractivity contribution is 7.92. The molecule has 0 radical (unpaired) electrons. The molecular formula is C13H14N2O4S. The summed E-state index contributed by atoms with van der Waals surface area (Å²) in [4.78, 5) is 3.79. The van der Waals surface area contributed by atoms with E-state index in [0.29, 0.717) is 11.3 Å². The summed E-state index contributed by atoms with van der Waals surface area (Å²) in [5.41, 5.74) is 0.886. The maximum atomic E-state index is 12.4. The Hall–Kier alpha value is -2.12. The summed E-state index contributed by atoms with van der Waals surface area (Å²) < 4.78 is 32.2. The molecule has 0 saturated carbocycles.